The third kappa shape index (κ3) is 4.98. The largest absolute Gasteiger partial charge is 0.456 e. The molecular formula is C48H32N2O. The van der Waals surface area contributed by atoms with Crippen molar-refractivity contribution in [3.8, 4) is 0 Å². The zero-order valence-electron chi connectivity index (χ0n) is 27.8. The number of rotatable bonds is 6. The van der Waals surface area contributed by atoms with Gasteiger partial charge in [0.1, 0.15) is 11.2 Å². The summed E-state index contributed by atoms with van der Waals surface area (Å²) in [6.07, 6.45) is 0. The van der Waals surface area contributed by atoms with Crippen LogP contribution in [-0.4, -0.2) is 0 Å². The van der Waals surface area contributed by atoms with E-state index in [0.29, 0.717) is 0 Å². The van der Waals surface area contributed by atoms with Crippen LogP contribution in [0, 0.1) is 0 Å². The van der Waals surface area contributed by atoms with Crippen LogP contribution in [0.15, 0.2) is 199 Å². The Balaban J connectivity index is 1.20. The minimum Gasteiger partial charge on any atom is -0.456 e. The molecule has 10 aromatic rings. The second-order valence-electron chi connectivity index (χ2n) is 13.0. The lowest BCUT2D eigenvalue weighted by molar-refractivity contribution is 0.669. The van der Waals surface area contributed by atoms with Crippen LogP contribution in [0.4, 0.5) is 34.1 Å². The molecule has 0 spiro atoms. The molecule has 1 aromatic heterocycles. The Morgan fingerprint density at radius 2 is 0.784 bits per heavy atom. The number of nitrogens with zero attached hydrogens (tertiary/aromatic N) is 2. The van der Waals surface area contributed by atoms with Crippen LogP contribution in [-0.2, 0) is 0 Å². The Bertz CT molecular complexity index is 2880. The number of hydrogen-bond acceptors (Lipinski definition) is 3. The van der Waals surface area contributed by atoms with Crippen LogP contribution in [0.3, 0.4) is 0 Å². The van der Waals surface area contributed by atoms with Gasteiger partial charge in [-0.2, -0.15) is 0 Å². The molecular weight excluding hydrogens is 621 g/mol. The average molecular weight is 653 g/mol. The second kappa shape index (κ2) is 11.9. The molecule has 240 valence electrons. The van der Waals surface area contributed by atoms with Crippen molar-refractivity contribution < 1.29 is 4.42 Å². The molecule has 0 saturated carbocycles. The van der Waals surface area contributed by atoms with Crippen LogP contribution in [0.5, 0.6) is 0 Å². The zero-order valence-corrected chi connectivity index (χ0v) is 27.8. The van der Waals surface area contributed by atoms with Gasteiger partial charge in [-0.1, -0.05) is 121 Å². The molecule has 0 saturated heterocycles. The molecule has 0 fully saturated rings. The lowest BCUT2D eigenvalue weighted by Gasteiger charge is -2.27. The lowest BCUT2D eigenvalue weighted by Crippen LogP contribution is -2.10. The molecule has 0 aliphatic rings. The van der Waals surface area contributed by atoms with Crippen LogP contribution < -0.4 is 9.80 Å². The summed E-state index contributed by atoms with van der Waals surface area (Å²) in [5.41, 5.74) is 8.24. The van der Waals surface area contributed by atoms with E-state index in [1.54, 1.807) is 0 Å². The second-order valence-corrected chi connectivity index (χ2v) is 13.0. The monoisotopic (exact) mass is 652 g/mol. The maximum absolute atomic E-state index is 6.75. The molecule has 0 amide bonds. The number of anilines is 6. The molecule has 10 rings (SSSR count). The van der Waals surface area contributed by atoms with Crippen molar-refractivity contribution >= 4 is 88.4 Å². The number of benzene rings is 9. The predicted octanol–water partition coefficient (Wildman–Crippen LogP) is 14.0. The summed E-state index contributed by atoms with van der Waals surface area (Å²) in [4.78, 5) is 4.68. The van der Waals surface area contributed by atoms with Gasteiger partial charge in [0.25, 0.3) is 0 Å². The predicted molar refractivity (Wildman–Crippen MR) is 216 cm³/mol. The van der Waals surface area contributed by atoms with Gasteiger partial charge < -0.3 is 14.2 Å². The summed E-state index contributed by atoms with van der Waals surface area (Å²) in [5, 5.41) is 9.36. The summed E-state index contributed by atoms with van der Waals surface area (Å²) in [6, 6.07) is 69.1. The first-order valence-corrected chi connectivity index (χ1v) is 17.3. The van der Waals surface area contributed by atoms with Gasteiger partial charge >= 0.3 is 0 Å². The molecule has 0 radical (unpaired) electrons. The molecule has 3 nitrogen and oxygen atoms in total. The van der Waals surface area contributed by atoms with Gasteiger partial charge in [0.15, 0.2) is 0 Å². The number of fused-ring (bicyclic) bond motifs is 7. The van der Waals surface area contributed by atoms with Crippen molar-refractivity contribution in [1.82, 2.24) is 0 Å². The van der Waals surface area contributed by atoms with Gasteiger partial charge in [-0.15, -0.1) is 0 Å². The summed E-state index contributed by atoms with van der Waals surface area (Å²) < 4.78 is 6.75. The van der Waals surface area contributed by atoms with E-state index < -0.39 is 0 Å². The van der Waals surface area contributed by atoms with Crippen LogP contribution in [0.1, 0.15) is 0 Å². The van der Waals surface area contributed by atoms with Crippen molar-refractivity contribution in [2.24, 2.45) is 0 Å². The Hall–Kier alpha value is -6.84. The molecule has 0 bridgehead atoms. The minimum atomic E-state index is 0.856. The number of furan rings is 1. The SMILES string of the molecule is c1ccc(N(c2ccc3ccccc3c2)c2ccc3oc4cc(N(c5ccccc5)c5ccc6ccccc6c5)c5ccccc5c4c3c2)cc1. The van der Waals surface area contributed by atoms with E-state index in [-0.39, 0.29) is 0 Å². The molecule has 0 atom stereocenters. The van der Waals surface area contributed by atoms with E-state index in [4.69, 9.17) is 4.42 Å². The minimum absolute atomic E-state index is 0.856. The topological polar surface area (TPSA) is 19.6 Å². The van der Waals surface area contributed by atoms with Crippen molar-refractivity contribution in [2.75, 3.05) is 9.80 Å². The highest BCUT2D eigenvalue weighted by molar-refractivity contribution is 6.23. The first kappa shape index (κ1) is 29.1. The standard InChI is InChI=1S/C48H32N2O/c1-3-17-37(18-4-1)49(39-25-23-33-13-7-9-15-35(33)29-39)41-27-28-46-44(31-41)48-43-22-12-11-21-42(43)45(32-47(48)51-46)50(38-19-5-2-6-20-38)40-26-24-34-14-8-10-16-36(34)30-40/h1-32H. The smallest absolute Gasteiger partial charge is 0.138 e. The fraction of sp³-hybridized carbons (Fsp3) is 0. The van der Waals surface area contributed by atoms with Crippen LogP contribution in [0.2, 0.25) is 0 Å². The molecule has 0 N–H and O–H groups in total. The van der Waals surface area contributed by atoms with Gasteiger partial charge in [-0.25, -0.2) is 0 Å². The Morgan fingerprint density at radius 3 is 1.43 bits per heavy atom. The van der Waals surface area contributed by atoms with Gasteiger partial charge in [-0.05, 0) is 93.7 Å². The van der Waals surface area contributed by atoms with E-state index in [1.807, 2.05) is 0 Å². The molecule has 0 aliphatic carbocycles. The lowest BCUT2D eigenvalue weighted by atomic mass is 10.00. The molecule has 0 unspecified atom stereocenters. The maximum atomic E-state index is 6.75. The van der Waals surface area contributed by atoms with Crippen molar-refractivity contribution in [3.05, 3.63) is 194 Å². The third-order valence-corrected chi connectivity index (χ3v) is 9.95. The zero-order chi connectivity index (χ0) is 33.7. The van der Waals surface area contributed by atoms with E-state index in [2.05, 4.69) is 204 Å². The maximum Gasteiger partial charge on any atom is 0.138 e. The molecule has 0 aliphatic heterocycles. The number of hydrogen-bond donors (Lipinski definition) is 0. The first-order valence-electron chi connectivity index (χ1n) is 17.3. The summed E-state index contributed by atoms with van der Waals surface area (Å²) in [6.45, 7) is 0. The molecule has 1 heterocycles. The van der Waals surface area contributed by atoms with E-state index in [1.165, 1.54) is 21.5 Å². The highest BCUT2D eigenvalue weighted by atomic mass is 16.3. The highest BCUT2D eigenvalue weighted by Crippen LogP contribution is 2.46. The highest BCUT2D eigenvalue weighted by Gasteiger charge is 2.22. The summed E-state index contributed by atoms with van der Waals surface area (Å²) >= 11 is 0. The fourth-order valence-electron chi connectivity index (χ4n) is 7.59. The van der Waals surface area contributed by atoms with Crippen molar-refractivity contribution in [3.63, 3.8) is 0 Å². The molecule has 51 heavy (non-hydrogen) atoms. The van der Waals surface area contributed by atoms with Crippen molar-refractivity contribution in [1.29, 1.82) is 0 Å². The normalized spacial score (nSPS) is 11.5. The molecule has 3 heteroatoms. The van der Waals surface area contributed by atoms with Gasteiger partial charge in [0, 0.05) is 50.7 Å². The van der Waals surface area contributed by atoms with E-state index >= 15 is 0 Å². The Labute approximate surface area is 295 Å². The Kier molecular flexibility index (Phi) is 6.81. The van der Waals surface area contributed by atoms with Crippen LogP contribution >= 0.6 is 0 Å². The summed E-state index contributed by atoms with van der Waals surface area (Å²) in [7, 11) is 0. The number of para-hydroxylation sites is 2. The van der Waals surface area contributed by atoms with E-state index in [9.17, 15) is 0 Å². The quantitative estimate of drug-likeness (QED) is 0.178. The van der Waals surface area contributed by atoms with Gasteiger partial charge in [0.05, 0.1) is 5.69 Å². The van der Waals surface area contributed by atoms with Crippen LogP contribution in [0.25, 0.3) is 54.3 Å². The van der Waals surface area contributed by atoms with E-state index in [0.717, 1.165) is 66.8 Å². The average Bonchev–Trinajstić information content (AvgIpc) is 3.57. The first-order chi connectivity index (χ1) is 25.3. The fourth-order valence-corrected chi connectivity index (χ4v) is 7.59. The van der Waals surface area contributed by atoms with Gasteiger partial charge in [-0.3, -0.25) is 0 Å². The third-order valence-electron chi connectivity index (χ3n) is 9.95. The molecule has 9 aromatic carbocycles. The van der Waals surface area contributed by atoms with Crippen molar-refractivity contribution in [2.45, 2.75) is 0 Å². The van der Waals surface area contributed by atoms with Gasteiger partial charge in [0.2, 0.25) is 0 Å². The Morgan fingerprint density at radius 1 is 0.294 bits per heavy atom. The summed E-state index contributed by atoms with van der Waals surface area (Å²) in [5.74, 6) is 0.